The van der Waals surface area contributed by atoms with E-state index in [1.165, 1.54) is 4.21 Å². The second-order valence-electron chi connectivity index (χ2n) is 4.95. The van der Waals surface area contributed by atoms with Crippen LogP contribution in [-0.2, 0) is 5.41 Å². The lowest BCUT2D eigenvalue weighted by Crippen LogP contribution is -2.17. The molecule has 96 valence electrons. The molecule has 2 aromatic rings. The molecule has 3 nitrogen and oxygen atoms in total. The molecule has 0 aromatic carbocycles. The maximum absolute atomic E-state index is 4.65. The minimum Gasteiger partial charge on any atom is -0.373 e. The third-order valence-electron chi connectivity index (χ3n) is 2.33. The molecule has 2 rings (SSSR count). The van der Waals surface area contributed by atoms with Crippen LogP contribution in [0, 0.1) is 0 Å². The van der Waals surface area contributed by atoms with Crippen LogP contribution in [0.15, 0.2) is 32.8 Å². The van der Waals surface area contributed by atoms with E-state index >= 15 is 0 Å². The van der Waals surface area contributed by atoms with Crippen LogP contribution in [0.4, 0.5) is 5.82 Å². The summed E-state index contributed by atoms with van der Waals surface area (Å²) >= 11 is 3.41. The van der Waals surface area contributed by atoms with Gasteiger partial charge in [-0.25, -0.2) is 9.97 Å². The van der Waals surface area contributed by atoms with Crippen LogP contribution in [0.5, 0.6) is 0 Å². The smallest absolute Gasteiger partial charge is 0.137 e. The number of thiophene rings is 1. The lowest BCUT2D eigenvalue weighted by atomic mass is 9.96. The highest BCUT2D eigenvalue weighted by Crippen LogP contribution is 2.32. The molecular formula is C13H17N3S2. The zero-order valence-corrected chi connectivity index (χ0v) is 12.7. The summed E-state index contributed by atoms with van der Waals surface area (Å²) in [6, 6.07) is 6.14. The fourth-order valence-electron chi connectivity index (χ4n) is 1.37. The summed E-state index contributed by atoms with van der Waals surface area (Å²) in [5.41, 5.74) is -0.0440. The number of aromatic nitrogens is 2. The van der Waals surface area contributed by atoms with Crippen molar-refractivity contribution in [3.8, 4) is 0 Å². The Hall–Kier alpha value is -1.07. The number of rotatable bonds is 3. The molecule has 0 aliphatic carbocycles. The Bertz CT molecular complexity index is 516. The number of nitrogens with zero attached hydrogens (tertiary/aromatic N) is 2. The molecule has 0 aliphatic rings. The van der Waals surface area contributed by atoms with E-state index in [1.54, 1.807) is 23.1 Å². The van der Waals surface area contributed by atoms with E-state index in [4.69, 9.17) is 0 Å². The van der Waals surface area contributed by atoms with E-state index in [9.17, 15) is 0 Å². The van der Waals surface area contributed by atoms with Crippen LogP contribution in [0.25, 0.3) is 0 Å². The van der Waals surface area contributed by atoms with E-state index in [2.05, 4.69) is 53.6 Å². The van der Waals surface area contributed by atoms with Crippen molar-refractivity contribution in [2.24, 2.45) is 0 Å². The molecule has 0 fully saturated rings. The van der Waals surface area contributed by atoms with Gasteiger partial charge in [0.1, 0.15) is 16.7 Å². The first kappa shape index (κ1) is 13.4. The summed E-state index contributed by atoms with van der Waals surface area (Å²) in [5.74, 6) is 1.74. The molecular weight excluding hydrogens is 262 g/mol. The van der Waals surface area contributed by atoms with Crippen molar-refractivity contribution in [3.05, 3.63) is 29.4 Å². The van der Waals surface area contributed by atoms with Gasteiger partial charge in [-0.1, -0.05) is 38.6 Å². The SMILES string of the molecule is CNc1cc(Sc2cccs2)nc(C(C)(C)C)n1. The summed E-state index contributed by atoms with van der Waals surface area (Å²) in [6.45, 7) is 6.38. The van der Waals surface area contributed by atoms with E-state index in [0.29, 0.717) is 0 Å². The maximum atomic E-state index is 4.65. The van der Waals surface area contributed by atoms with Crippen LogP contribution in [0.3, 0.4) is 0 Å². The Morgan fingerprint density at radius 2 is 2.06 bits per heavy atom. The lowest BCUT2D eigenvalue weighted by molar-refractivity contribution is 0.539. The molecule has 2 aromatic heterocycles. The topological polar surface area (TPSA) is 37.8 Å². The Morgan fingerprint density at radius 1 is 1.28 bits per heavy atom. The van der Waals surface area contributed by atoms with Crippen LogP contribution >= 0.6 is 23.1 Å². The number of anilines is 1. The summed E-state index contributed by atoms with van der Waals surface area (Å²) in [4.78, 5) is 9.17. The van der Waals surface area contributed by atoms with Crippen molar-refractivity contribution in [2.45, 2.75) is 35.4 Å². The molecule has 5 heteroatoms. The molecule has 0 atom stereocenters. The fourth-order valence-corrected chi connectivity index (χ4v) is 3.08. The quantitative estimate of drug-likeness (QED) is 0.861. The van der Waals surface area contributed by atoms with E-state index < -0.39 is 0 Å². The molecule has 2 heterocycles. The highest BCUT2D eigenvalue weighted by Gasteiger charge is 2.19. The highest BCUT2D eigenvalue weighted by atomic mass is 32.2. The molecule has 0 saturated heterocycles. The van der Waals surface area contributed by atoms with Crippen molar-refractivity contribution in [1.82, 2.24) is 9.97 Å². The van der Waals surface area contributed by atoms with Gasteiger partial charge in [-0.3, -0.25) is 0 Å². The second kappa shape index (κ2) is 5.28. The molecule has 0 saturated carbocycles. The summed E-state index contributed by atoms with van der Waals surface area (Å²) in [5, 5.41) is 6.16. The van der Waals surface area contributed by atoms with Crippen molar-refractivity contribution in [3.63, 3.8) is 0 Å². The van der Waals surface area contributed by atoms with Crippen LogP contribution in [0.2, 0.25) is 0 Å². The monoisotopic (exact) mass is 279 g/mol. The fraction of sp³-hybridized carbons (Fsp3) is 0.385. The Balaban J connectivity index is 2.35. The van der Waals surface area contributed by atoms with Gasteiger partial charge in [-0.15, -0.1) is 11.3 Å². The molecule has 0 spiro atoms. The predicted molar refractivity (Wildman–Crippen MR) is 78.7 cm³/mol. The molecule has 1 N–H and O–H groups in total. The average Bonchev–Trinajstić information content (AvgIpc) is 2.80. The number of nitrogens with one attached hydrogen (secondary N) is 1. The molecule has 0 radical (unpaired) electrons. The third kappa shape index (κ3) is 3.23. The normalized spacial score (nSPS) is 11.6. The zero-order valence-electron chi connectivity index (χ0n) is 11.0. The first-order valence-electron chi connectivity index (χ1n) is 5.78. The van der Waals surface area contributed by atoms with Crippen molar-refractivity contribution >= 4 is 28.9 Å². The van der Waals surface area contributed by atoms with Gasteiger partial charge in [0.05, 0.1) is 4.21 Å². The molecule has 0 amide bonds. The molecule has 0 unspecified atom stereocenters. The van der Waals surface area contributed by atoms with Gasteiger partial charge in [0.15, 0.2) is 0 Å². The summed E-state index contributed by atoms with van der Waals surface area (Å²) in [6.07, 6.45) is 0. The van der Waals surface area contributed by atoms with Gasteiger partial charge in [0.2, 0.25) is 0 Å². The van der Waals surface area contributed by atoms with Crippen LogP contribution < -0.4 is 5.32 Å². The van der Waals surface area contributed by atoms with Crippen LogP contribution in [0.1, 0.15) is 26.6 Å². The predicted octanol–water partition coefficient (Wildman–Crippen LogP) is 4.03. The largest absolute Gasteiger partial charge is 0.373 e. The standard InChI is InChI=1S/C13H17N3S2/c1-13(2,3)12-15-9(14-4)8-10(16-12)18-11-6-5-7-17-11/h5-8H,1-4H3,(H,14,15,16). The van der Waals surface area contributed by atoms with Gasteiger partial charge in [0.25, 0.3) is 0 Å². The second-order valence-corrected chi connectivity index (χ2v) is 7.22. The average molecular weight is 279 g/mol. The minimum absolute atomic E-state index is 0.0440. The Morgan fingerprint density at radius 3 is 2.61 bits per heavy atom. The number of hydrogen-bond acceptors (Lipinski definition) is 5. The van der Waals surface area contributed by atoms with Gasteiger partial charge >= 0.3 is 0 Å². The first-order chi connectivity index (χ1) is 8.49. The van der Waals surface area contributed by atoms with E-state index in [1.807, 2.05) is 13.1 Å². The molecule has 18 heavy (non-hydrogen) atoms. The zero-order chi connectivity index (χ0) is 13.2. The minimum atomic E-state index is -0.0440. The summed E-state index contributed by atoms with van der Waals surface area (Å²) in [7, 11) is 1.88. The van der Waals surface area contributed by atoms with Crippen molar-refractivity contribution in [2.75, 3.05) is 12.4 Å². The van der Waals surface area contributed by atoms with Gasteiger partial charge in [-0.05, 0) is 11.4 Å². The maximum Gasteiger partial charge on any atom is 0.137 e. The first-order valence-corrected chi connectivity index (χ1v) is 7.47. The molecule has 0 aliphatic heterocycles. The third-order valence-corrected chi connectivity index (χ3v) is 4.29. The summed E-state index contributed by atoms with van der Waals surface area (Å²) < 4.78 is 1.25. The van der Waals surface area contributed by atoms with Crippen molar-refractivity contribution < 1.29 is 0 Å². The Labute approximate surface area is 116 Å². The highest BCUT2D eigenvalue weighted by molar-refractivity contribution is 8.01. The van der Waals surface area contributed by atoms with E-state index in [0.717, 1.165) is 16.7 Å². The van der Waals surface area contributed by atoms with Crippen LogP contribution in [-0.4, -0.2) is 17.0 Å². The van der Waals surface area contributed by atoms with Crippen molar-refractivity contribution in [1.29, 1.82) is 0 Å². The molecule has 0 bridgehead atoms. The lowest BCUT2D eigenvalue weighted by Gasteiger charge is -2.18. The number of hydrogen-bond donors (Lipinski definition) is 1. The Kier molecular flexibility index (Phi) is 3.92. The van der Waals surface area contributed by atoms with Gasteiger partial charge in [-0.2, -0.15) is 0 Å². The van der Waals surface area contributed by atoms with Gasteiger partial charge in [0, 0.05) is 18.5 Å². The van der Waals surface area contributed by atoms with E-state index in [-0.39, 0.29) is 5.41 Å². The van der Waals surface area contributed by atoms with Gasteiger partial charge < -0.3 is 5.32 Å².